The largest absolute Gasteiger partial charge is 0.319 e. The van der Waals surface area contributed by atoms with Crippen LogP contribution in [0.15, 0.2) is 24.3 Å². The predicted molar refractivity (Wildman–Crippen MR) is 43.9 cm³/mol. The van der Waals surface area contributed by atoms with E-state index < -0.39 is 0 Å². The first kappa shape index (κ1) is 7.90. The monoisotopic (exact) mass is 166 g/mol. The summed E-state index contributed by atoms with van der Waals surface area (Å²) >= 11 is 5.66. The first-order valence-electron chi connectivity index (χ1n) is 3.19. The van der Waals surface area contributed by atoms with E-state index in [2.05, 4.69) is 5.32 Å². The van der Waals surface area contributed by atoms with Crippen LogP contribution in [0.5, 0.6) is 0 Å². The third-order valence-corrected chi connectivity index (χ3v) is 1.54. The quantitative estimate of drug-likeness (QED) is 0.538. The summed E-state index contributed by atoms with van der Waals surface area (Å²) in [6.07, 6.45) is 1.85. The van der Waals surface area contributed by atoms with Gasteiger partial charge in [0.25, 0.3) is 0 Å². The number of nitrogens with zero attached hydrogens (tertiary/aromatic N) is 1. The van der Waals surface area contributed by atoms with Gasteiger partial charge in [0, 0.05) is 11.6 Å². The van der Waals surface area contributed by atoms with Crippen molar-refractivity contribution in [3.8, 4) is 6.19 Å². The second kappa shape index (κ2) is 3.85. The second-order valence-corrected chi connectivity index (χ2v) is 2.53. The fraction of sp³-hybridized carbons (Fsp3) is 0.125. The zero-order chi connectivity index (χ0) is 8.10. The zero-order valence-electron chi connectivity index (χ0n) is 5.84. The molecule has 0 radical (unpaired) electrons. The smallest absolute Gasteiger partial charge is 0.176 e. The molecule has 0 saturated carbocycles. The van der Waals surface area contributed by atoms with Crippen molar-refractivity contribution in [3.63, 3.8) is 0 Å². The van der Waals surface area contributed by atoms with E-state index in [0.29, 0.717) is 11.6 Å². The van der Waals surface area contributed by atoms with Crippen LogP contribution in [-0.4, -0.2) is 0 Å². The summed E-state index contributed by atoms with van der Waals surface area (Å²) in [7, 11) is 0. The molecule has 3 heteroatoms. The Kier molecular flexibility index (Phi) is 2.76. The lowest BCUT2D eigenvalue weighted by molar-refractivity contribution is 0.884. The predicted octanol–water partition coefficient (Wildman–Crippen LogP) is 1.91. The minimum absolute atomic E-state index is 0.563. The van der Waals surface area contributed by atoms with E-state index in [0.717, 1.165) is 5.56 Å². The zero-order valence-corrected chi connectivity index (χ0v) is 6.60. The minimum Gasteiger partial charge on any atom is -0.319 e. The highest BCUT2D eigenvalue weighted by atomic mass is 35.5. The van der Waals surface area contributed by atoms with Gasteiger partial charge < -0.3 is 5.32 Å². The summed E-state index contributed by atoms with van der Waals surface area (Å²) in [5.74, 6) is 0. The maximum Gasteiger partial charge on any atom is 0.176 e. The maximum atomic E-state index is 8.19. The summed E-state index contributed by atoms with van der Waals surface area (Å²) in [5, 5.41) is 11.5. The number of benzene rings is 1. The van der Waals surface area contributed by atoms with Gasteiger partial charge >= 0.3 is 0 Å². The van der Waals surface area contributed by atoms with Crippen molar-refractivity contribution < 1.29 is 0 Å². The molecule has 0 bridgehead atoms. The van der Waals surface area contributed by atoms with Crippen molar-refractivity contribution in [2.45, 2.75) is 6.54 Å². The molecule has 0 atom stereocenters. The van der Waals surface area contributed by atoms with Crippen molar-refractivity contribution in [2.75, 3.05) is 0 Å². The van der Waals surface area contributed by atoms with E-state index >= 15 is 0 Å². The van der Waals surface area contributed by atoms with Gasteiger partial charge in [0.2, 0.25) is 0 Å². The first-order chi connectivity index (χ1) is 5.33. The first-order valence-corrected chi connectivity index (χ1v) is 3.57. The molecule has 0 aliphatic carbocycles. The highest BCUT2D eigenvalue weighted by molar-refractivity contribution is 6.30. The van der Waals surface area contributed by atoms with Gasteiger partial charge in [0.05, 0.1) is 0 Å². The van der Waals surface area contributed by atoms with Crippen LogP contribution in [0, 0.1) is 11.5 Å². The van der Waals surface area contributed by atoms with Crippen LogP contribution in [0.4, 0.5) is 0 Å². The Balaban J connectivity index is 2.60. The van der Waals surface area contributed by atoms with Gasteiger partial charge in [0.1, 0.15) is 0 Å². The molecule has 11 heavy (non-hydrogen) atoms. The van der Waals surface area contributed by atoms with E-state index in [-0.39, 0.29) is 0 Å². The number of nitrogens with one attached hydrogen (secondary N) is 1. The summed E-state index contributed by atoms with van der Waals surface area (Å²) in [5.41, 5.74) is 1.05. The van der Waals surface area contributed by atoms with Crippen LogP contribution in [0.2, 0.25) is 5.02 Å². The Morgan fingerprint density at radius 1 is 1.36 bits per heavy atom. The summed E-state index contributed by atoms with van der Waals surface area (Å²) in [6, 6.07) is 7.37. The number of hydrogen-bond acceptors (Lipinski definition) is 2. The maximum absolute atomic E-state index is 8.19. The Morgan fingerprint density at radius 3 is 2.55 bits per heavy atom. The van der Waals surface area contributed by atoms with Crippen LogP contribution in [0.3, 0.4) is 0 Å². The molecule has 0 fully saturated rings. The van der Waals surface area contributed by atoms with E-state index in [9.17, 15) is 0 Å². The topological polar surface area (TPSA) is 35.8 Å². The van der Waals surface area contributed by atoms with Crippen molar-refractivity contribution in [1.82, 2.24) is 5.32 Å². The molecule has 0 aromatic heterocycles. The molecule has 1 rings (SSSR count). The Labute approximate surface area is 70.4 Å². The van der Waals surface area contributed by atoms with Gasteiger partial charge in [-0.1, -0.05) is 23.7 Å². The van der Waals surface area contributed by atoms with Gasteiger partial charge in [-0.2, -0.15) is 5.26 Å². The van der Waals surface area contributed by atoms with E-state index in [4.69, 9.17) is 16.9 Å². The third kappa shape index (κ3) is 2.48. The van der Waals surface area contributed by atoms with Crippen LogP contribution < -0.4 is 5.32 Å². The molecule has 0 saturated heterocycles. The fourth-order valence-corrected chi connectivity index (χ4v) is 0.870. The average Bonchev–Trinajstić information content (AvgIpc) is 2.04. The van der Waals surface area contributed by atoms with Gasteiger partial charge in [-0.3, -0.25) is 0 Å². The molecule has 0 unspecified atom stereocenters. The standard InChI is InChI=1S/C8H7ClN2/c9-8-3-1-7(2-4-8)5-11-6-10/h1-4,11H,5H2. The molecule has 0 amide bonds. The molecule has 56 valence electrons. The second-order valence-electron chi connectivity index (χ2n) is 2.09. The molecule has 0 aliphatic rings. The normalized spacial score (nSPS) is 8.73. The molecule has 0 aliphatic heterocycles. The molecular formula is C8H7ClN2. The lowest BCUT2D eigenvalue weighted by Gasteiger charge is -1.97. The van der Waals surface area contributed by atoms with Crippen molar-refractivity contribution in [1.29, 1.82) is 5.26 Å². The van der Waals surface area contributed by atoms with Crippen molar-refractivity contribution in [2.24, 2.45) is 0 Å². The van der Waals surface area contributed by atoms with Crippen LogP contribution in [0.1, 0.15) is 5.56 Å². The Bertz CT molecular complexity index is 260. The number of hydrogen-bond donors (Lipinski definition) is 1. The van der Waals surface area contributed by atoms with Gasteiger partial charge in [0.15, 0.2) is 6.19 Å². The van der Waals surface area contributed by atoms with Crippen molar-refractivity contribution in [3.05, 3.63) is 34.9 Å². The highest BCUT2D eigenvalue weighted by Gasteiger charge is 1.89. The summed E-state index contributed by atoms with van der Waals surface area (Å²) in [4.78, 5) is 0. The average molecular weight is 167 g/mol. The SMILES string of the molecule is N#CNCc1ccc(Cl)cc1. The molecule has 1 N–H and O–H groups in total. The fourth-order valence-electron chi connectivity index (χ4n) is 0.744. The van der Waals surface area contributed by atoms with Crippen LogP contribution in [0.25, 0.3) is 0 Å². The molecular weight excluding hydrogens is 160 g/mol. The summed E-state index contributed by atoms with van der Waals surface area (Å²) in [6.45, 7) is 0.563. The minimum atomic E-state index is 0.563. The number of rotatable bonds is 2. The van der Waals surface area contributed by atoms with Crippen LogP contribution in [-0.2, 0) is 6.54 Å². The van der Waals surface area contributed by atoms with Crippen molar-refractivity contribution >= 4 is 11.6 Å². The molecule has 0 spiro atoms. The Morgan fingerprint density at radius 2 is 2.00 bits per heavy atom. The lowest BCUT2D eigenvalue weighted by atomic mass is 10.2. The van der Waals surface area contributed by atoms with Gasteiger partial charge in [-0.25, -0.2) is 0 Å². The molecule has 1 aromatic rings. The van der Waals surface area contributed by atoms with E-state index in [1.54, 1.807) is 12.1 Å². The van der Waals surface area contributed by atoms with E-state index in [1.807, 2.05) is 18.3 Å². The molecule has 1 aromatic carbocycles. The van der Waals surface area contributed by atoms with Gasteiger partial charge in [-0.15, -0.1) is 0 Å². The number of nitriles is 1. The van der Waals surface area contributed by atoms with Gasteiger partial charge in [-0.05, 0) is 17.7 Å². The van der Waals surface area contributed by atoms with E-state index in [1.165, 1.54) is 0 Å². The molecule has 0 heterocycles. The molecule has 2 nitrogen and oxygen atoms in total. The third-order valence-electron chi connectivity index (χ3n) is 1.28. The summed E-state index contributed by atoms with van der Waals surface area (Å²) < 4.78 is 0. The Hall–Kier alpha value is -1.20. The lowest BCUT2D eigenvalue weighted by Crippen LogP contribution is -2.03. The number of halogens is 1. The van der Waals surface area contributed by atoms with Crippen LogP contribution >= 0.6 is 11.6 Å². The highest BCUT2D eigenvalue weighted by Crippen LogP contribution is 2.08.